The van der Waals surface area contributed by atoms with Crippen molar-refractivity contribution < 1.29 is 28.6 Å². The van der Waals surface area contributed by atoms with Crippen LogP contribution in [0, 0.1) is 5.92 Å². The molecule has 2 aromatic rings. The molecular weight excluding hydrogens is 396 g/mol. The van der Waals surface area contributed by atoms with Gasteiger partial charge in [0.1, 0.15) is 5.75 Å². The summed E-state index contributed by atoms with van der Waals surface area (Å²) in [5.41, 5.74) is 0.795. The molecule has 0 saturated heterocycles. The van der Waals surface area contributed by atoms with E-state index in [2.05, 4.69) is 10.3 Å². The number of esters is 2. The second-order valence-corrected chi connectivity index (χ2v) is 7.34. The number of carbonyl (C=O) groups is 3. The molecule has 1 aromatic carbocycles. The van der Waals surface area contributed by atoms with Crippen LogP contribution in [0.5, 0.6) is 5.75 Å². The molecule has 1 N–H and O–H groups in total. The fourth-order valence-corrected chi connectivity index (χ4v) is 2.88. The van der Waals surface area contributed by atoms with Gasteiger partial charge < -0.3 is 14.2 Å². The van der Waals surface area contributed by atoms with Crippen LogP contribution in [0.15, 0.2) is 29.6 Å². The topological polar surface area (TPSA) is 104 Å². The summed E-state index contributed by atoms with van der Waals surface area (Å²) in [4.78, 5) is 39.7. The molecule has 0 radical (unpaired) electrons. The van der Waals surface area contributed by atoms with E-state index >= 15 is 0 Å². The van der Waals surface area contributed by atoms with E-state index in [0.29, 0.717) is 41.3 Å². The third-order valence-electron chi connectivity index (χ3n) is 3.42. The Balaban J connectivity index is 1.81. The van der Waals surface area contributed by atoms with E-state index < -0.39 is 18.5 Å². The monoisotopic (exact) mass is 420 g/mol. The number of nitrogens with zero attached hydrogens (tertiary/aromatic N) is 1. The average Bonchev–Trinajstić information content (AvgIpc) is 3.11. The number of nitrogens with one attached hydrogen (secondary N) is 1. The molecule has 8 nitrogen and oxygen atoms in total. The molecule has 0 spiro atoms. The minimum atomic E-state index is -0.628. The van der Waals surface area contributed by atoms with Crippen molar-refractivity contribution in [3.63, 3.8) is 0 Å². The number of ether oxygens (including phenoxy) is 3. The number of amides is 1. The molecule has 0 bridgehead atoms. The van der Waals surface area contributed by atoms with Gasteiger partial charge in [-0.3, -0.25) is 14.9 Å². The summed E-state index contributed by atoms with van der Waals surface area (Å²) < 4.78 is 15.5. The Morgan fingerprint density at radius 3 is 2.72 bits per heavy atom. The van der Waals surface area contributed by atoms with Crippen LogP contribution in [0.2, 0.25) is 0 Å². The lowest BCUT2D eigenvalue weighted by Gasteiger charge is -2.10. The molecule has 0 saturated carbocycles. The predicted octanol–water partition coefficient (Wildman–Crippen LogP) is 3.08. The Morgan fingerprint density at radius 1 is 1.21 bits per heavy atom. The SMILES string of the molecule is CCOC(=O)Cc1csc(NC(=O)COC(=O)c2cccc(OCC(C)C)c2)n1. The number of benzene rings is 1. The molecule has 0 aliphatic rings. The maximum absolute atomic E-state index is 12.2. The summed E-state index contributed by atoms with van der Waals surface area (Å²) in [6, 6.07) is 6.60. The van der Waals surface area contributed by atoms with Gasteiger partial charge in [0, 0.05) is 5.38 Å². The summed E-state index contributed by atoms with van der Waals surface area (Å²) in [5.74, 6) is -0.614. The van der Waals surface area contributed by atoms with Gasteiger partial charge >= 0.3 is 11.9 Å². The first-order valence-electron chi connectivity index (χ1n) is 9.17. The summed E-state index contributed by atoms with van der Waals surface area (Å²) in [6.45, 7) is 6.15. The molecule has 1 heterocycles. The Hall–Kier alpha value is -2.94. The number of carbonyl (C=O) groups excluding carboxylic acids is 3. The molecular formula is C20H24N2O6S. The molecule has 0 atom stereocenters. The number of aromatic nitrogens is 1. The molecule has 0 fully saturated rings. The molecule has 0 unspecified atom stereocenters. The maximum atomic E-state index is 12.2. The molecule has 29 heavy (non-hydrogen) atoms. The van der Waals surface area contributed by atoms with Gasteiger partial charge in [0.25, 0.3) is 5.91 Å². The first-order chi connectivity index (χ1) is 13.9. The third-order valence-corrected chi connectivity index (χ3v) is 4.22. The van der Waals surface area contributed by atoms with Crippen LogP contribution in [0.25, 0.3) is 0 Å². The van der Waals surface area contributed by atoms with Crippen LogP contribution in [0.1, 0.15) is 36.8 Å². The van der Waals surface area contributed by atoms with Gasteiger partial charge in [-0.15, -0.1) is 11.3 Å². The van der Waals surface area contributed by atoms with Crippen molar-refractivity contribution in [3.8, 4) is 5.75 Å². The molecule has 156 valence electrons. The summed E-state index contributed by atoms with van der Waals surface area (Å²) >= 11 is 1.17. The highest BCUT2D eigenvalue weighted by Gasteiger charge is 2.14. The molecule has 1 amide bonds. The first kappa shape index (κ1) is 22.4. The highest BCUT2D eigenvalue weighted by Crippen LogP contribution is 2.17. The standard InChI is InChI=1S/C20H24N2O6S/c1-4-26-18(24)9-15-12-29-20(21-15)22-17(23)11-28-19(25)14-6-5-7-16(8-14)27-10-13(2)3/h5-8,12-13H,4,9-11H2,1-3H3,(H,21,22,23). The number of thiazole rings is 1. The largest absolute Gasteiger partial charge is 0.493 e. The van der Waals surface area contributed by atoms with Gasteiger partial charge in [0.05, 0.1) is 30.9 Å². The number of hydrogen-bond acceptors (Lipinski definition) is 8. The zero-order chi connectivity index (χ0) is 21.2. The van der Waals surface area contributed by atoms with Gasteiger partial charge in [-0.2, -0.15) is 0 Å². The van der Waals surface area contributed by atoms with Crippen molar-refractivity contribution in [2.45, 2.75) is 27.2 Å². The Bertz CT molecular complexity index is 849. The van der Waals surface area contributed by atoms with E-state index in [0.717, 1.165) is 0 Å². The van der Waals surface area contributed by atoms with Gasteiger partial charge in [-0.05, 0) is 31.0 Å². The summed E-state index contributed by atoms with van der Waals surface area (Å²) in [5, 5.41) is 4.50. The lowest BCUT2D eigenvalue weighted by Crippen LogP contribution is -2.21. The van der Waals surface area contributed by atoms with E-state index in [1.54, 1.807) is 36.6 Å². The van der Waals surface area contributed by atoms with E-state index in [1.165, 1.54) is 11.3 Å². The van der Waals surface area contributed by atoms with Gasteiger partial charge in [0.2, 0.25) is 0 Å². The van der Waals surface area contributed by atoms with Crippen LogP contribution in [-0.2, 0) is 25.5 Å². The number of anilines is 1. The summed E-state index contributed by atoms with van der Waals surface area (Å²) in [6.07, 6.45) is 0.0322. The van der Waals surface area contributed by atoms with E-state index in [9.17, 15) is 14.4 Å². The van der Waals surface area contributed by atoms with Crippen molar-refractivity contribution in [1.29, 1.82) is 0 Å². The highest BCUT2D eigenvalue weighted by molar-refractivity contribution is 7.13. The van der Waals surface area contributed by atoms with Crippen molar-refractivity contribution in [2.24, 2.45) is 5.92 Å². The van der Waals surface area contributed by atoms with Gasteiger partial charge in [0.15, 0.2) is 11.7 Å². The van der Waals surface area contributed by atoms with Crippen molar-refractivity contribution in [2.75, 3.05) is 25.1 Å². The lowest BCUT2D eigenvalue weighted by molar-refractivity contribution is -0.142. The quantitative estimate of drug-likeness (QED) is 0.589. The molecule has 0 aliphatic carbocycles. The van der Waals surface area contributed by atoms with Crippen LogP contribution in [0.3, 0.4) is 0 Å². The van der Waals surface area contributed by atoms with Crippen molar-refractivity contribution >= 4 is 34.3 Å². The van der Waals surface area contributed by atoms with Gasteiger partial charge in [-0.25, -0.2) is 9.78 Å². The normalized spacial score (nSPS) is 10.5. The second-order valence-electron chi connectivity index (χ2n) is 6.48. The molecule has 2 rings (SSSR count). The number of hydrogen-bond donors (Lipinski definition) is 1. The molecule has 0 aliphatic heterocycles. The lowest BCUT2D eigenvalue weighted by atomic mass is 10.2. The average molecular weight is 420 g/mol. The fraction of sp³-hybridized carbons (Fsp3) is 0.400. The minimum Gasteiger partial charge on any atom is -0.493 e. The Morgan fingerprint density at radius 2 is 2.00 bits per heavy atom. The zero-order valence-electron chi connectivity index (χ0n) is 16.6. The van der Waals surface area contributed by atoms with E-state index in [1.807, 2.05) is 13.8 Å². The fourth-order valence-electron chi connectivity index (χ4n) is 2.15. The van der Waals surface area contributed by atoms with E-state index in [4.69, 9.17) is 14.2 Å². The first-order valence-corrected chi connectivity index (χ1v) is 10.0. The van der Waals surface area contributed by atoms with Crippen molar-refractivity contribution in [3.05, 3.63) is 40.9 Å². The van der Waals surface area contributed by atoms with Gasteiger partial charge in [-0.1, -0.05) is 19.9 Å². The molecule has 9 heteroatoms. The highest BCUT2D eigenvalue weighted by atomic mass is 32.1. The second kappa shape index (κ2) is 11.2. The zero-order valence-corrected chi connectivity index (χ0v) is 17.4. The summed E-state index contributed by atoms with van der Waals surface area (Å²) in [7, 11) is 0. The third kappa shape index (κ3) is 7.90. The Labute approximate surface area is 173 Å². The Kier molecular flexibility index (Phi) is 8.60. The minimum absolute atomic E-state index is 0.0322. The van der Waals surface area contributed by atoms with Crippen molar-refractivity contribution in [1.82, 2.24) is 4.98 Å². The van der Waals surface area contributed by atoms with Crippen LogP contribution < -0.4 is 10.1 Å². The number of rotatable bonds is 10. The van der Waals surface area contributed by atoms with Crippen LogP contribution >= 0.6 is 11.3 Å². The predicted molar refractivity (Wildman–Crippen MR) is 108 cm³/mol. The van der Waals surface area contributed by atoms with E-state index in [-0.39, 0.29) is 12.4 Å². The van der Waals surface area contributed by atoms with Crippen LogP contribution in [0.4, 0.5) is 5.13 Å². The molecule has 1 aromatic heterocycles. The smallest absolute Gasteiger partial charge is 0.338 e. The maximum Gasteiger partial charge on any atom is 0.338 e. The van der Waals surface area contributed by atoms with Crippen LogP contribution in [-0.4, -0.2) is 42.7 Å².